The van der Waals surface area contributed by atoms with E-state index >= 15 is 0 Å². The molecule has 0 fully saturated rings. The number of nitrogens with zero attached hydrogens (tertiary/aromatic N) is 1. The molecule has 0 radical (unpaired) electrons. The second-order valence-electron chi connectivity index (χ2n) is 7.05. The van der Waals surface area contributed by atoms with Crippen molar-refractivity contribution in [3.8, 4) is 11.5 Å². The Morgan fingerprint density at radius 3 is 2.47 bits per heavy atom. The van der Waals surface area contributed by atoms with E-state index in [1.54, 1.807) is 0 Å². The van der Waals surface area contributed by atoms with Crippen LogP contribution in [0, 0.1) is 5.82 Å². The van der Waals surface area contributed by atoms with E-state index in [-0.39, 0.29) is 41.3 Å². The van der Waals surface area contributed by atoms with Gasteiger partial charge in [0.1, 0.15) is 23.0 Å². The molecule has 0 aliphatic carbocycles. The van der Waals surface area contributed by atoms with Crippen molar-refractivity contribution in [2.75, 3.05) is 12.4 Å². The zero-order chi connectivity index (χ0) is 24.9. The summed E-state index contributed by atoms with van der Waals surface area (Å²) in [7, 11) is 1.46. The smallest absolute Gasteiger partial charge is 0.417 e. The zero-order valence-corrected chi connectivity index (χ0v) is 18.4. The maximum absolute atomic E-state index is 14.5. The average Bonchev–Trinajstić information content (AvgIpc) is 2.78. The van der Waals surface area contributed by atoms with Crippen LogP contribution in [-0.4, -0.2) is 23.8 Å². The lowest BCUT2D eigenvalue weighted by atomic mass is 10.1. The summed E-state index contributed by atoms with van der Waals surface area (Å²) in [6.07, 6.45) is -3.44. The van der Waals surface area contributed by atoms with Gasteiger partial charge in [-0.05, 0) is 42.3 Å². The summed E-state index contributed by atoms with van der Waals surface area (Å²) in [5, 5.41) is 4.30. The molecule has 2 aromatic carbocycles. The molecule has 0 bridgehead atoms. The molecule has 0 spiro atoms. The van der Waals surface area contributed by atoms with Gasteiger partial charge < -0.3 is 15.4 Å². The Hall–Kier alpha value is -3.66. The molecular weight excluding hydrogens is 478 g/mol. The fraction of sp³-hybridized carbons (Fsp3) is 0.174. The summed E-state index contributed by atoms with van der Waals surface area (Å²) in [4.78, 5) is 27.7. The molecule has 2 N–H and O–H groups in total. The van der Waals surface area contributed by atoms with E-state index in [0.29, 0.717) is 0 Å². The van der Waals surface area contributed by atoms with Crippen molar-refractivity contribution in [2.45, 2.75) is 19.0 Å². The van der Waals surface area contributed by atoms with Crippen LogP contribution < -0.4 is 15.4 Å². The lowest BCUT2D eigenvalue weighted by Gasteiger charge is -2.12. The highest BCUT2D eigenvalue weighted by Crippen LogP contribution is 2.36. The number of halogens is 5. The van der Waals surface area contributed by atoms with Crippen LogP contribution in [0.1, 0.15) is 28.0 Å². The van der Waals surface area contributed by atoms with E-state index in [2.05, 4.69) is 15.6 Å². The number of aryl methyl sites for hydroxylation is 1. The van der Waals surface area contributed by atoms with Gasteiger partial charge in [0.25, 0.3) is 5.91 Å². The lowest BCUT2D eigenvalue weighted by molar-refractivity contribution is -0.137. The number of ether oxygens (including phenoxy) is 1. The van der Waals surface area contributed by atoms with E-state index in [9.17, 15) is 27.2 Å². The van der Waals surface area contributed by atoms with Gasteiger partial charge in [-0.15, -0.1) is 0 Å². The fourth-order valence-electron chi connectivity index (χ4n) is 2.95. The van der Waals surface area contributed by atoms with Crippen molar-refractivity contribution in [3.63, 3.8) is 0 Å². The molecule has 6 nitrogen and oxygen atoms in total. The highest BCUT2D eigenvalue weighted by atomic mass is 35.5. The molecule has 0 saturated heterocycles. The standard InChI is InChI=1S/C23H18ClF4N3O3/c1-29-22(33)20-12-16(8-9-30-20)34-15-5-2-13(19(25)11-15)3-7-21(32)31-14-4-6-18(24)17(10-14)23(26,27)28/h2,4-6,8-12H,3,7H2,1H3,(H,29,33)(H,31,32). The molecular formula is C23H18ClF4N3O3. The van der Waals surface area contributed by atoms with E-state index in [4.69, 9.17) is 16.3 Å². The van der Waals surface area contributed by atoms with Gasteiger partial charge in [0.05, 0.1) is 10.6 Å². The molecule has 1 heterocycles. The van der Waals surface area contributed by atoms with Crippen molar-refractivity contribution in [2.24, 2.45) is 0 Å². The Kier molecular flexibility index (Phi) is 7.72. The van der Waals surface area contributed by atoms with Crippen LogP contribution in [-0.2, 0) is 17.4 Å². The molecule has 178 valence electrons. The van der Waals surface area contributed by atoms with Gasteiger partial charge in [-0.3, -0.25) is 14.6 Å². The molecule has 34 heavy (non-hydrogen) atoms. The number of hydrogen-bond acceptors (Lipinski definition) is 4. The predicted octanol–water partition coefficient (Wildman–Crippen LogP) is 5.62. The van der Waals surface area contributed by atoms with Crippen LogP contribution in [0.3, 0.4) is 0 Å². The number of amides is 2. The molecule has 2 amide bonds. The van der Waals surface area contributed by atoms with Crippen molar-refractivity contribution in [3.05, 3.63) is 82.4 Å². The summed E-state index contributed by atoms with van der Waals surface area (Å²) in [6, 6.07) is 9.98. The molecule has 1 aromatic heterocycles. The lowest BCUT2D eigenvalue weighted by Crippen LogP contribution is -2.18. The summed E-state index contributed by atoms with van der Waals surface area (Å²) in [6.45, 7) is 0. The SMILES string of the molecule is CNC(=O)c1cc(Oc2ccc(CCC(=O)Nc3ccc(Cl)c(C(F)(F)F)c3)c(F)c2)ccn1. The van der Waals surface area contributed by atoms with Crippen LogP contribution >= 0.6 is 11.6 Å². The molecule has 11 heteroatoms. The number of carbonyl (C=O) groups is 2. The number of benzene rings is 2. The minimum atomic E-state index is -4.66. The zero-order valence-electron chi connectivity index (χ0n) is 17.7. The molecule has 0 aliphatic rings. The third kappa shape index (κ3) is 6.44. The normalized spacial score (nSPS) is 11.1. The summed E-state index contributed by atoms with van der Waals surface area (Å²) >= 11 is 5.56. The summed E-state index contributed by atoms with van der Waals surface area (Å²) in [5.74, 6) is -1.18. The third-order valence-corrected chi connectivity index (χ3v) is 4.96. The number of anilines is 1. The maximum Gasteiger partial charge on any atom is 0.417 e. The Morgan fingerprint density at radius 2 is 1.79 bits per heavy atom. The number of nitrogens with one attached hydrogen (secondary N) is 2. The van der Waals surface area contributed by atoms with Crippen LogP contribution in [0.4, 0.5) is 23.2 Å². The van der Waals surface area contributed by atoms with Gasteiger partial charge in [0.2, 0.25) is 5.91 Å². The second-order valence-corrected chi connectivity index (χ2v) is 7.46. The predicted molar refractivity (Wildman–Crippen MR) is 118 cm³/mol. The Labute approximate surface area is 196 Å². The summed E-state index contributed by atoms with van der Waals surface area (Å²) in [5.41, 5.74) is -0.786. The molecule has 0 atom stereocenters. The maximum atomic E-state index is 14.5. The van der Waals surface area contributed by atoms with E-state index < -0.39 is 34.4 Å². The van der Waals surface area contributed by atoms with Crippen molar-refractivity contribution >= 4 is 29.1 Å². The third-order valence-electron chi connectivity index (χ3n) is 4.63. The number of rotatable bonds is 7. The monoisotopic (exact) mass is 495 g/mol. The molecule has 0 unspecified atom stereocenters. The second kappa shape index (κ2) is 10.5. The van der Waals surface area contributed by atoms with Gasteiger partial charge >= 0.3 is 6.18 Å². The van der Waals surface area contributed by atoms with Gasteiger partial charge in [-0.25, -0.2) is 4.39 Å². The number of alkyl halides is 3. The van der Waals surface area contributed by atoms with Crippen LogP contribution in [0.25, 0.3) is 0 Å². The Bertz CT molecular complexity index is 1220. The topological polar surface area (TPSA) is 80.3 Å². The molecule has 3 aromatic rings. The van der Waals surface area contributed by atoms with Crippen LogP contribution in [0.15, 0.2) is 54.7 Å². The van der Waals surface area contributed by atoms with Crippen molar-refractivity contribution in [1.82, 2.24) is 10.3 Å². The van der Waals surface area contributed by atoms with E-state index in [0.717, 1.165) is 18.2 Å². The van der Waals surface area contributed by atoms with Gasteiger partial charge in [0.15, 0.2) is 0 Å². The van der Waals surface area contributed by atoms with Gasteiger partial charge in [-0.1, -0.05) is 17.7 Å². The van der Waals surface area contributed by atoms with Crippen LogP contribution in [0.5, 0.6) is 11.5 Å². The fourth-order valence-corrected chi connectivity index (χ4v) is 3.17. The highest BCUT2D eigenvalue weighted by molar-refractivity contribution is 6.31. The number of hydrogen-bond donors (Lipinski definition) is 2. The highest BCUT2D eigenvalue weighted by Gasteiger charge is 2.33. The minimum Gasteiger partial charge on any atom is -0.457 e. The largest absolute Gasteiger partial charge is 0.457 e. The number of carbonyl (C=O) groups excluding carboxylic acids is 2. The molecule has 0 saturated carbocycles. The van der Waals surface area contributed by atoms with E-state index in [1.165, 1.54) is 43.6 Å². The summed E-state index contributed by atoms with van der Waals surface area (Å²) < 4.78 is 58.9. The molecule has 3 rings (SSSR count). The van der Waals surface area contributed by atoms with Crippen molar-refractivity contribution in [1.29, 1.82) is 0 Å². The van der Waals surface area contributed by atoms with E-state index in [1.807, 2.05) is 0 Å². The minimum absolute atomic E-state index is 0.00768. The van der Waals surface area contributed by atoms with Gasteiger partial charge in [-0.2, -0.15) is 13.2 Å². The first-order valence-electron chi connectivity index (χ1n) is 9.88. The first-order valence-corrected chi connectivity index (χ1v) is 10.3. The number of aromatic nitrogens is 1. The quantitative estimate of drug-likeness (QED) is 0.417. The first kappa shape index (κ1) is 25.0. The van der Waals surface area contributed by atoms with Gasteiger partial charge in [0, 0.05) is 37.5 Å². The van der Waals surface area contributed by atoms with Crippen LogP contribution in [0.2, 0.25) is 5.02 Å². The molecule has 0 aliphatic heterocycles. The van der Waals surface area contributed by atoms with Crippen molar-refractivity contribution < 1.29 is 31.9 Å². The Balaban J connectivity index is 1.61. The number of pyridine rings is 1. The Morgan fingerprint density at radius 1 is 1.06 bits per heavy atom. The first-order chi connectivity index (χ1) is 16.1. The average molecular weight is 496 g/mol.